The first-order valence-corrected chi connectivity index (χ1v) is 25.6. The molecule has 0 unspecified atom stereocenters. The molecule has 0 spiro atoms. The zero-order valence-corrected chi connectivity index (χ0v) is 43.5. The number of alkyl halides is 3. The monoisotopic (exact) mass is 1000 g/mol. The van der Waals surface area contributed by atoms with Crippen LogP contribution in [0.3, 0.4) is 0 Å². The van der Waals surface area contributed by atoms with E-state index in [0.29, 0.717) is 22.1 Å². The molecule has 374 valence electrons. The lowest BCUT2D eigenvalue weighted by molar-refractivity contribution is -0.137. The SMILES string of the molecule is Cc1cc(C)cc(-c2ccc3c(c2)c2cc(-c4cc(C)cc(C)c4)ccc2n3-c2cc(-c3cc(F)cc(F)c3)cc(-n3c4ccc(-c5cc(C)cc(C)c5)cc4c4cc(-c5cc(C)cc(C)c5)ccc43)c2C(F)(F)F)c1. The average molecular weight is 1010 g/mol. The molecular weight excluding hydrogens is 952 g/mol. The molecule has 0 radical (unpaired) electrons. The Morgan fingerprint density at radius 1 is 0.263 bits per heavy atom. The Kier molecular flexibility index (Phi) is 11.5. The van der Waals surface area contributed by atoms with Gasteiger partial charge in [-0.1, -0.05) is 142 Å². The van der Waals surface area contributed by atoms with Gasteiger partial charge in [0.2, 0.25) is 0 Å². The summed E-state index contributed by atoms with van der Waals surface area (Å²) >= 11 is 0. The first-order chi connectivity index (χ1) is 36.3. The van der Waals surface area contributed by atoms with Crippen LogP contribution in [0.5, 0.6) is 0 Å². The Morgan fingerprint density at radius 2 is 0.500 bits per heavy atom. The minimum absolute atomic E-state index is 0.0960. The molecule has 0 amide bonds. The quantitative estimate of drug-likeness (QED) is 0.141. The minimum Gasteiger partial charge on any atom is -0.309 e. The molecule has 0 fully saturated rings. The Morgan fingerprint density at radius 3 is 0.750 bits per heavy atom. The lowest BCUT2D eigenvalue weighted by Crippen LogP contribution is -2.16. The van der Waals surface area contributed by atoms with Crippen LogP contribution >= 0.6 is 0 Å². The average Bonchev–Trinajstić information content (AvgIpc) is 3.92. The van der Waals surface area contributed by atoms with Gasteiger partial charge in [0.15, 0.2) is 0 Å². The topological polar surface area (TPSA) is 9.86 Å². The van der Waals surface area contributed by atoms with Crippen molar-refractivity contribution in [2.24, 2.45) is 0 Å². The number of benzene rings is 10. The van der Waals surface area contributed by atoms with Crippen LogP contribution < -0.4 is 0 Å². The van der Waals surface area contributed by atoms with Crippen molar-refractivity contribution in [3.63, 3.8) is 0 Å². The normalized spacial score (nSPS) is 12.0. The molecule has 0 aliphatic carbocycles. The smallest absolute Gasteiger partial charge is 0.309 e. The molecule has 2 heterocycles. The maximum absolute atomic E-state index is 17.1. The molecule has 2 nitrogen and oxygen atoms in total. The van der Waals surface area contributed by atoms with Crippen molar-refractivity contribution in [1.82, 2.24) is 9.13 Å². The fourth-order valence-electron chi connectivity index (χ4n) is 12.0. The molecular formula is C69H53F5N2. The highest BCUT2D eigenvalue weighted by molar-refractivity contribution is 6.14. The van der Waals surface area contributed by atoms with Gasteiger partial charge in [-0.2, -0.15) is 13.2 Å². The number of hydrogen-bond acceptors (Lipinski definition) is 0. The summed E-state index contributed by atoms with van der Waals surface area (Å²) in [6.45, 7) is 16.4. The van der Waals surface area contributed by atoms with E-state index in [9.17, 15) is 0 Å². The molecule has 0 saturated heterocycles. The summed E-state index contributed by atoms with van der Waals surface area (Å²) in [5.41, 5.74) is 17.6. The maximum Gasteiger partial charge on any atom is 0.420 e. The third-order valence-electron chi connectivity index (χ3n) is 14.8. The Hall–Kier alpha value is -8.55. The van der Waals surface area contributed by atoms with Crippen molar-refractivity contribution >= 4 is 43.6 Å². The molecule has 0 aliphatic heterocycles. The zero-order chi connectivity index (χ0) is 53.1. The van der Waals surface area contributed by atoms with Crippen LogP contribution in [0, 0.1) is 67.0 Å². The van der Waals surface area contributed by atoms with Gasteiger partial charge in [-0.05, 0) is 184 Å². The predicted molar refractivity (Wildman–Crippen MR) is 305 cm³/mol. The van der Waals surface area contributed by atoms with Crippen molar-refractivity contribution < 1.29 is 22.0 Å². The number of nitrogens with zero attached hydrogens (tertiary/aromatic N) is 2. The molecule has 12 rings (SSSR count). The van der Waals surface area contributed by atoms with Crippen LogP contribution in [0.2, 0.25) is 0 Å². The highest BCUT2D eigenvalue weighted by atomic mass is 19.4. The molecule has 76 heavy (non-hydrogen) atoms. The Bertz CT molecular complexity index is 3830. The number of hydrogen-bond donors (Lipinski definition) is 0. The number of aromatic nitrogens is 2. The van der Waals surface area contributed by atoms with E-state index >= 15 is 22.0 Å². The van der Waals surface area contributed by atoms with Crippen LogP contribution in [0.1, 0.15) is 50.1 Å². The van der Waals surface area contributed by atoms with Crippen molar-refractivity contribution in [3.8, 4) is 67.0 Å². The summed E-state index contributed by atoms with van der Waals surface area (Å²) in [4.78, 5) is 0. The van der Waals surface area contributed by atoms with E-state index in [2.05, 4.69) is 152 Å². The van der Waals surface area contributed by atoms with Crippen LogP contribution in [-0.4, -0.2) is 9.13 Å². The molecule has 2 aromatic heterocycles. The van der Waals surface area contributed by atoms with Crippen molar-refractivity contribution in [2.75, 3.05) is 0 Å². The second kappa shape index (κ2) is 18.1. The summed E-state index contributed by atoms with van der Waals surface area (Å²) in [6, 6.07) is 55.1. The molecule has 0 aliphatic rings. The lowest BCUT2D eigenvalue weighted by Gasteiger charge is -2.23. The summed E-state index contributed by atoms with van der Waals surface area (Å²) < 4.78 is 85.4. The van der Waals surface area contributed by atoms with E-state index in [1.54, 1.807) is 9.13 Å². The predicted octanol–water partition coefficient (Wildman–Crippen LogP) is 20.0. The highest BCUT2D eigenvalue weighted by Gasteiger charge is 2.40. The standard InChI is InChI=1S/C69H53F5N2/c1-38-17-39(2)22-50(21-38)46-9-13-62-58(31-46)59-32-47(51-23-40(3)18-41(4)24-51)10-14-63(59)75(62)66-35-55(54-29-56(70)37-57(71)30-54)36-67(68(66)69(72,73)74)76-64-15-11-48(52-25-42(5)19-43(6)26-52)33-60(64)61-34-49(12-16-65(61)76)53-27-44(7)20-45(8)28-53/h9-37H,1-8H3. The largest absolute Gasteiger partial charge is 0.420 e. The van der Waals surface area contributed by atoms with Gasteiger partial charge in [0, 0.05) is 27.6 Å². The van der Waals surface area contributed by atoms with Crippen LogP contribution in [0.4, 0.5) is 22.0 Å². The molecule has 0 N–H and O–H groups in total. The van der Waals surface area contributed by atoms with Gasteiger partial charge in [-0.25, -0.2) is 8.78 Å². The van der Waals surface area contributed by atoms with Crippen molar-refractivity contribution in [2.45, 2.75) is 61.6 Å². The lowest BCUT2D eigenvalue weighted by atomic mass is 9.97. The van der Waals surface area contributed by atoms with Gasteiger partial charge in [-0.15, -0.1) is 0 Å². The first kappa shape index (κ1) is 48.4. The van der Waals surface area contributed by atoms with Gasteiger partial charge in [0.25, 0.3) is 0 Å². The summed E-state index contributed by atoms with van der Waals surface area (Å²) in [5, 5.41) is 3.02. The number of aryl methyl sites for hydroxylation is 8. The molecule has 7 heteroatoms. The van der Waals surface area contributed by atoms with E-state index in [1.165, 1.54) is 24.3 Å². The van der Waals surface area contributed by atoms with Crippen molar-refractivity contribution in [1.29, 1.82) is 0 Å². The van der Waals surface area contributed by atoms with Gasteiger partial charge >= 0.3 is 6.18 Å². The van der Waals surface area contributed by atoms with Gasteiger partial charge in [0.1, 0.15) is 17.2 Å². The van der Waals surface area contributed by atoms with Gasteiger partial charge < -0.3 is 9.13 Å². The van der Waals surface area contributed by atoms with Crippen LogP contribution in [0.15, 0.2) is 176 Å². The number of rotatable bonds is 7. The Labute approximate surface area is 439 Å². The molecule has 0 bridgehead atoms. The van der Waals surface area contributed by atoms with E-state index in [4.69, 9.17) is 0 Å². The number of halogens is 5. The van der Waals surface area contributed by atoms with Gasteiger partial charge in [0.05, 0.1) is 33.4 Å². The number of fused-ring (bicyclic) bond motifs is 6. The molecule has 0 saturated carbocycles. The fraction of sp³-hybridized carbons (Fsp3) is 0.130. The highest BCUT2D eigenvalue weighted by Crippen LogP contribution is 2.48. The summed E-state index contributed by atoms with van der Waals surface area (Å²) in [7, 11) is 0. The molecule has 0 atom stereocenters. The van der Waals surface area contributed by atoms with E-state index in [0.717, 1.165) is 117 Å². The molecule has 10 aromatic carbocycles. The first-order valence-electron chi connectivity index (χ1n) is 25.6. The van der Waals surface area contributed by atoms with Crippen molar-refractivity contribution in [3.05, 3.63) is 238 Å². The van der Waals surface area contributed by atoms with E-state index in [-0.39, 0.29) is 22.5 Å². The van der Waals surface area contributed by atoms with E-state index < -0.39 is 23.4 Å². The fourth-order valence-corrected chi connectivity index (χ4v) is 12.0. The second-order valence-corrected chi connectivity index (χ2v) is 21.1. The third-order valence-corrected chi connectivity index (χ3v) is 14.8. The molecule has 12 aromatic rings. The Balaban J connectivity index is 1.22. The summed E-state index contributed by atoms with van der Waals surface area (Å²) in [5.74, 6) is -1.69. The maximum atomic E-state index is 17.1. The van der Waals surface area contributed by atoms with Crippen LogP contribution in [0.25, 0.3) is 111 Å². The minimum atomic E-state index is -4.96. The third kappa shape index (κ3) is 8.63. The second-order valence-electron chi connectivity index (χ2n) is 21.1. The zero-order valence-electron chi connectivity index (χ0n) is 43.5. The van der Waals surface area contributed by atoms with E-state index in [1.807, 2.05) is 48.5 Å². The van der Waals surface area contributed by atoms with Crippen LogP contribution in [-0.2, 0) is 6.18 Å². The van der Waals surface area contributed by atoms with Gasteiger partial charge in [-0.3, -0.25) is 0 Å². The summed E-state index contributed by atoms with van der Waals surface area (Å²) in [6.07, 6.45) is -4.96.